The van der Waals surface area contributed by atoms with Crippen LogP contribution in [0.4, 0.5) is 0 Å². The molecule has 3 nitrogen and oxygen atoms in total. The van der Waals surface area contributed by atoms with E-state index in [2.05, 4.69) is 82.3 Å². The quantitative estimate of drug-likeness (QED) is 0.385. The van der Waals surface area contributed by atoms with E-state index < -0.39 is 29.1 Å². The number of hydrogen-bond acceptors (Lipinski definition) is 3. The standard InChI is InChI=1S/3C7H18P.BO3/c3*1-5-8(4,6-2)7-3;2-1(3)4/h3*5-7H2,1-4H3;/q3*+1;-3. The Hall–Kier alpha value is 1.23. The summed E-state index contributed by atoms with van der Waals surface area (Å²) < 4.78 is 0. The fourth-order valence-corrected chi connectivity index (χ4v) is 6.04. The number of hydrogen-bond donors (Lipinski definition) is 0. The van der Waals surface area contributed by atoms with Crippen LogP contribution < -0.4 is 15.1 Å². The van der Waals surface area contributed by atoms with Gasteiger partial charge < -0.3 is 15.1 Å². The molecule has 0 unspecified atom stereocenters. The molecule has 0 saturated heterocycles. The van der Waals surface area contributed by atoms with Crippen molar-refractivity contribution < 1.29 is 15.1 Å². The van der Waals surface area contributed by atoms with Crippen LogP contribution in [0.1, 0.15) is 62.3 Å². The van der Waals surface area contributed by atoms with E-state index in [1.165, 1.54) is 55.5 Å². The van der Waals surface area contributed by atoms with Crippen molar-refractivity contribution in [2.24, 2.45) is 0 Å². The van der Waals surface area contributed by atoms with Crippen molar-refractivity contribution in [2.45, 2.75) is 62.3 Å². The van der Waals surface area contributed by atoms with Crippen LogP contribution in [-0.4, -0.2) is 82.8 Å². The smallest absolute Gasteiger partial charge is 0.0563 e. The molecule has 0 heterocycles. The number of rotatable bonds is 9. The van der Waals surface area contributed by atoms with E-state index in [0.717, 1.165) is 0 Å². The van der Waals surface area contributed by atoms with Gasteiger partial charge in [-0.15, -0.1) is 0 Å². The van der Waals surface area contributed by atoms with Gasteiger partial charge in [0.1, 0.15) is 0 Å². The molecule has 0 rings (SSSR count). The van der Waals surface area contributed by atoms with Crippen LogP contribution in [0.15, 0.2) is 0 Å². The summed E-state index contributed by atoms with van der Waals surface area (Å²) in [5.74, 6) is 0. The molecule has 0 saturated carbocycles. The third-order valence-corrected chi connectivity index (χ3v) is 20.6. The molecule has 0 N–H and O–H groups in total. The average Bonchev–Trinajstić information content (AvgIpc) is 2.72. The molecule has 0 bridgehead atoms. The molecular formula is C21H54BO3P3. The van der Waals surface area contributed by atoms with Gasteiger partial charge in [0.2, 0.25) is 0 Å². The van der Waals surface area contributed by atoms with Gasteiger partial charge in [-0.2, -0.15) is 0 Å². The highest BCUT2D eigenvalue weighted by atomic mass is 31.2. The van der Waals surface area contributed by atoms with Crippen LogP contribution in [-0.2, 0) is 0 Å². The molecule has 7 heteroatoms. The van der Waals surface area contributed by atoms with Gasteiger partial charge in [-0.3, -0.25) is 7.32 Å². The monoisotopic (exact) mass is 458 g/mol. The van der Waals surface area contributed by atoms with Crippen molar-refractivity contribution >= 4 is 29.1 Å². The predicted molar refractivity (Wildman–Crippen MR) is 139 cm³/mol. The Balaban J connectivity index is -0.000000141. The molecule has 0 aliphatic rings. The molecule has 0 spiro atoms. The van der Waals surface area contributed by atoms with Crippen molar-refractivity contribution in [2.75, 3.05) is 75.5 Å². The summed E-state index contributed by atoms with van der Waals surface area (Å²) in [6.45, 7) is 28.3. The second-order valence-electron chi connectivity index (χ2n) is 7.99. The molecular weight excluding hydrogens is 404 g/mol. The lowest BCUT2D eigenvalue weighted by Crippen LogP contribution is -2.56. The Morgan fingerprint density at radius 2 is 0.464 bits per heavy atom. The van der Waals surface area contributed by atoms with E-state index >= 15 is 0 Å². The predicted octanol–water partition coefficient (Wildman–Crippen LogP) is 4.13. The van der Waals surface area contributed by atoms with Crippen LogP contribution in [0.3, 0.4) is 0 Å². The fraction of sp³-hybridized carbons (Fsp3) is 1.00. The maximum atomic E-state index is 8.42. The molecule has 28 heavy (non-hydrogen) atoms. The lowest BCUT2D eigenvalue weighted by atomic mass is 10.3. The molecule has 0 aliphatic carbocycles. The van der Waals surface area contributed by atoms with Crippen LogP contribution >= 0.6 is 21.8 Å². The first-order chi connectivity index (χ1) is 12.8. The zero-order valence-electron chi connectivity index (χ0n) is 21.5. The van der Waals surface area contributed by atoms with E-state index in [4.69, 9.17) is 15.1 Å². The lowest BCUT2D eigenvalue weighted by Gasteiger charge is -2.35. The third-order valence-electron chi connectivity index (χ3n) is 6.87. The van der Waals surface area contributed by atoms with Gasteiger partial charge in [0, 0.05) is 41.8 Å². The maximum Gasteiger partial charge on any atom is 0.0563 e. The fourth-order valence-electron chi connectivity index (χ4n) is 2.01. The largest absolute Gasteiger partial charge is 0.907 e. The van der Waals surface area contributed by atoms with Crippen molar-refractivity contribution in [3.05, 3.63) is 0 Å². The molecule has 0 amide bonds. The van der Waals surface area contributed by atoms with Gasteiger partial charge in [0.05, 0.1) is 55.5 Å². The normalized spacial score (nSPS) is 11.2. The lowest BCUT2D eigenvalue weighted by molar-refractivity contribution is -0.479. The molecule has 0 aromatic heterocycles. The van der Waals surface area contributed by atoms with Crippen LogP contribution in [0.25, 0.3) is 0 Å². The molecule has 174 valence electrons. The highest BCUT2D eigenvalue weighted by Crippen LogP contribution is 2.54. The summed E-state index contributed by atoms with van der Waals surface area (Å²) in [6.07, 6.45) is 12.9. The Morgan fingerprint density at radius 1 is 0.393 bits per heavy atom. The summed E-state index contributed by atoms with van der Waals surface area (Å²) >= 11 is 0. The summed E-state index contributed by atoms with van der Waals surface area (Å²) in [4.78, 5) is 0. The Morgan fingerprint density at radius 3 is 0.464 bits per heavy atom. The zero-order valence-corrected chi connectivity index (χ0v) is 24.2. The first-order valence-electron chi connectivity index (χ1n) is 11.3. The second-order valence-corrected chi connectivity index (χ2v) is 23.4. The molecule has 0 aromatic carbocycles. The molecule has 0 aliphatic heterocycles. The van der Waals surface area contributed by atoms with E-state index in [0.29, 0.717) is 0 Å². The first-order valence-corrected chi connectivity index (χ1v) is 19.6. The zero-order chi connectivity index (χ0) is 23.4. The van der Waals surface area contributed by atoms with Crippen LogP contribution in [0.2, 0.25) is 0 Å². The van der Waals surface area contributed by atoms with Crippen molar-refractivity contribution in [1.82, 2.24) is 0 Å². The summed E-state index contributed by atoms with van der Waals surface area (Å²) in [6, 6.07) is 0. The third kappa shape index (κ3) is 23.5. The van der Waals surface area contributed by atoms with Gasteiger partial charge in [-0.1, -0.05) is 0 Å². The van der Waals surface area contributed by atoms with E-state index in [1.807, 2.05) is 0 Å². The van der Waals surface area contributed by atoms with Crippen LogP contribution in [0.5, 0.6) is 0 Å². The highest BCUT2D eigenvalue weighted by Gasteiger charge is 2.23. The van der Waals surface area contributed by atoms with E-state index in [-0.39, 0.29) is 0 Å². The molecule has 0 radical (unpaired) electrons. The van der Waals surface area contributed by atoms with Gasteiger partial charge in [0.25, 0.3) is 0 Å². The summed E-state index contributed by atoms with van der Waals surface area (Å²) in [5.41, 5.74) is 0. The Kier molecular flexibility index (Phi) is 28.1. The minimum absolute atomic E-state index is 0.412. The Labute approximate surface area is 182 Å². The van der Waals surface area contributed by atoms with Gasteiger partial charge in [-0.05, 0) is 62.3 Å². The van der Waals surface area contributed by atoms with Crippen LogP contribution in [0, 0.1) is 0 Å². The van der Waals surface area contributed by atoms with E-state index in [9.17, 15) is 0 Å². The van der Waals surface area contributed by atoms with Gasteiger partial charge in [-0.25, -0.2) is 0 Å². The summed E-state index contributed by atoms with van der Waals surface area (Å²) in [7, 11) is -4.15. The van der Waals surface area contributed by atoms with Gasteiger partial charge >= 0.3 is 0 Å². The maximum absolute atomic E-state index is 8.42. The van der Waals surface area contributed by atoms with E-state index in [1.54, 1.807) is 0 Å². The highest BCUT2D eigenvalue weighted by molar-refractivity contribution is 7.75. The van der Waals surface area contributed by atoms with Gasteiger partial charge in [0.15, 0.2) is 0 Å². The second kappa shape index (κ2) is 21.5. The van der Waals surface area contributed by atoms with Crippen molar-refractivity contribution in [3.8, 4) is 0 Å². The molecule has 0 aromatic rings. The first kappa shape index (κ1) is 36.6. The summed E-state index contributed by atoms with van der Waals surface area (Å²) in [5, 5.41) is 25.2. The molecule has 0 fully saturated rings. The van der Waals surface area contributed by atoms with Crippen molar-refractivity contribution in [1.29, 1.82) is 0 Å². The minimum Gasteiger partial charge on any atom is -0.907 e. The van der Waals surface area contributed by atoms with Crippen molar-refractivity contribution in [3.63, 3.8) is 0 Å². The average molecular weight is 458 g/mol. The topological polar surface area (TPSA) is 69.2 Å². The SMILES string of the molecule is CC[P+](C)(CC)CC.CC[P+](C)(CC)CC.CC[P+](C)(CC)CC.[O-]B([O-])[O-]. The molecule has 0 atom stereocenters. The Bertz CT molecular complexity index is 237. The minimum atomic E-state index is -2.92.